The second kappa shape index (κ2) is 6.50. The highest BCUT2D eigenvalue weighted by atomic mass is 16.6. The van der Waals surface area contributed by atoms with Crippen LogP contribution in [0.2, 0.25) is 0 Å². The van der Waals surface area contributed by atoms with Crippen molar-refractivity contribution in [3.8, 4) is 11.5 Å². The summed E-state index contributed by atoms with van der Waals surface area (Å²) in [6.07, 6.45) is 0. The van der Waals surface area contributed by atoms with Crippen molar-refractivity contribution < 1.29 is 14.3 Å². The highest BCUT2D eigenvalue weighted by molar-refractivity contribution is 5.81. The third kappa shape index (κ3) is 3.79. The van der Waals surface area contributed by atoms with Gasteiger partial charge in [0.2, 0.25) is 5.91 Å². The fraction of sp³-hybridized carbons (Fsp3) is 0.533. The van der Waals surface area contributed by atoms with Crippen molar-refractivity contribution in [2.75, 3.05) is 25.1 Å². The van der Waals surface area contributed by atoms with E-state index in [1.54, 1.807) is 0 Å². The van der Waals surface area contributed by atoms with E-state index in [2.05, 4.69) is 24.5 Å². The summed E-state index contributed by atoms with van der Waals surface area (Å²) in [7, 11) is 0. The monoisotopic (exact) mass is 278 g/mol. The molecule has 1 amide bonds. The molecule has 1 aromatic rings. The van der Waals surface area contributed by atoms with Crippen LogP contribution in [0.15, 0.2) is 18.2 Å². The van der Waals surface area contributed by atoms with Crippen LogP contribution in [0.3, 0.4) is 0 Å². The van der Waals surface area contributed by atoms with Crippen LogP contribution in [-0.2, 0) is 4.79 Å². The van der Waals surface area contributed by atoms with E-state index in [4.69, 9.17) is 9.47 Å². The van der Waals surface area contributed by atoms with Gasteiger partial charge in [0.25, 0.3) is 0 Å². The summed E-state index contributed by atoms with van der Waals surface area (Å²) in [6.45, 7) is 7.56. The minimum absolute atomic E-state index is 0.0129. The molecule has 2 rings (SSSR count). The quantitative estimate of drug-likeness (QED) is 0.865. The molecule has 0 saturated carbocycles. The summed E-state index contributed by atoms with van der Waals surface area (Å²) in [5.74, 6) is 1.88. The van der Waals surface area contributed by atoms with E-state index < -0.39 is 0 Å². The van der Waals surface area contributed by atoms with Gasteiger partial charge in [-0.15, -0.1) is 0 Å². The maximum absolute atomic E-state index is 11.8. The zero-order chi connectivity index (χ0) is 14.5. The van der Waals surface area contributed by atoms with Gasteiger partial charge in [-0.05, 0) is 25.0 Å². The van der Waals surface area contributed by atoms with Crippen molar-refractivity contribution in [3.63, 3.8) is 0 Å². The molecular formula is C15H22N2O3. The molecular weight excluding hydrogens is 256 g/mol. The van der Waals surface area contributed by atoms with Crippen LogP contribution in [0.4, 0.5) is 5.69 Å². The Balaban J connectivity index is 1.86. The molecule has 0 bridgehead atoms. The van der Waals surface area contributed by atoms with E-state index >= 15 is 0 Å². The second-order valence-corrected chi connectivity index (χ2v) is 5.31. The van der Waals surface area contributed by atoms with Crippen LogP contribution in [0.1, 0.15) is 20.8 Å². The lowest BCUT2D eigenvalue weighted by Crippen LogP contribution is -2.39. The summed E-state index contributed by atoms with van der Waals surface area (Å²) in [4.78, 5) is 11.8. The van der Waals surface area contributed by atoms with Gasteiger partial charge < -0.3 is 20.1 Å². The van der Waals surface area contributed by atoms with Gasteiger partial charge in [0.15, 0.2) is 11.5 Å². The van der Waals surface area contributed by atoms with Gasteiger partial charge in [0.1, 0.15) is 13.2 Å². The van der Waals surface area contributed by atoms with Crippen LogP contribution in [0.5, 0.6) is 11.5 Å². The molecule has 1 aliphatic rings. The Morgan fingerprint density at radius 1 is 1.20 bits per heavy atom. The van der Waals surface area contributed by atoms with E-state index in [1.165, 1.54) is 0 Å². The predicted octanol–water partition coefficient (Wildman–Crippen LogP) is 2.03. The third-order valence-corrected chi connectivity index (χ3v) is 3.38. The van der Waals surface area contributed by atoms with E-state index in [0.29, 0.717) is 19.1 Å². The molecule has 0 spiro atoms. The molecule has 1 unspecified atom stereocenters. The molecule has 2 N–H and O–H groups in total. The number of fused-ring (bicyclic) bond motifs is 1. The lowest BCUT2D eigenvalue weighted by atomic mass is 10.1. The summed E-state index contributed by atoms with van der Waals surface area (Å²) in [5, 5.41) is 6.05. The van der Waals surface area contributed by atoms with Crippen LogP contribution < -0.4 is 20.1 Å². The fourth-order valence-electron chi connectivity index (χ4n) is 1.81. The Morgan fingerprint density at radius 3 is 2.60 bits per heavy atom. The standard InChI is InChI=1S/C15H22N2O3/c1-10(2)11(3)17-15(18)9-16-12-4-5-13-14(8-12)20-7-6-19-13/h4-5,8,10-11,16H,6-7,9H2,1-3H3,(H,17,18). The molecule has 1 heterocycles. The highest BCUT2D eigenvalue weighted by Gasteiger charge is 2.13. The molecule has 0 aromatic heterocycles. The normalized spacial score (nSPS) is 14.8. The van der Waals surface area contributed by atoms with Crippen LogP contribution >= 0.6 is 0 Å². The first kappa shape index (κ1) is 14.5. The number of amides is 1. The average molecular weight is 278 g/mol. The highest BCUT2D eigenvalue weighted by Crippen LogP contribution is 2.32. The first-order valence-corrected chi connectivity index (χ1v) is 6.99. The Bertz CT molecular complexity index is 474. The minimum Gasteiger partial charge on any atom is -0.486 e. The fourth-order valence-corrected chi connectivity index (χ4v) is 1.81. The van der Waals surface area contributed by atoms with Crippen molar-refractivity contribution in [3.05, 3.63) is 18.2 Å². The Labute approximate surface area is 119 Å². The Morgan fingerprint density at radius 2 is 1.90 bits per heavy atom. The molecule has 0 saturated heterocycles. The summed E-state index contributed by atoms with van der Waals surface area (Å²) >= 11 is 0. The molecule has 0 fully saturated rings. The van der Waals surface area contributed by atoms with Gasteiger partial charge in [-0.2, -0.15) is 0 Å². The molecule has 5 heteroatoms. The zero-order valence-electron chi connectivity index (χ0n) is 12.2. The van der Waals surface area contributed by atoms with Gasteiger partial charge in [0.05, 0.1) is 6.54 Å². The van der Waals surface area contributed by atoms with Crippen molar-refractivity contribution in [1.82, 2.24) is 5.32 Å². The largest absolute Gasteiger partial charge is 0.486 e. The molecule has 5 nitrogen and oxygen atoms in total. The number of ether oxygens (including phenoxy) is 2. The van der Waals surface area contributed by atoms with Crippen molar-refractivity contribution in [1.29, 1.82) is 0 Å². The number of carbonyl (C=O) groups excluding carboxylic acids is 1. The summed E-state index contributed by atoms with van der Waals surface area (Å²) in [6, 6.07) is 5.76. The molecule has 20 heavy (non-hydrogen) atoms. The Hall–Kier alpha value is -1.91. The first-order chi connectivity index (χ1) is 9.56. The second-order valence-electron chi connectivity index (χ2n) is 5.31. The summed E-state index contributed by atoms with van der Waals surface area (Å²) < 4.78 is 11.0. The number of benzene rings is 1. The van der Waals surface area contributed by atoms with Gasteiger partial charge in [0, 0.05) is 17.8 Å². The van der Waals surface area contributed by atoms with E-state index in [0.717, 1.165) is 17.2 Å². The summed E-state index contributed by atoms with van der Waals surface area (Å²) in [5.41, 5.74) is 0.849. The topological polar surface area (TPSA) is 59.6 Å². The lowest BCUT2D eigenvalue weighted by molar-refractivity contribution is -0.120. The Kier molecular flexibility index (Phi) is 4.71. The van der Waals surface area contributed by atoms with Gasteiger partial charge >= 0.3 is 0 Å². The molecule has 110 valence electrons. The zero-order valence-corrected chi connectivity index (χ0v) is 12.2. The number of hydrogen-bond acceptors (Lipinski definition) is 4. The smallest absolute Gasteiger partial charge is 0.239 e. The van der Waals surface area contributed by atoms with Crippen molar-refractivity contribution >= 4 is 11.6 Å². The number of rotatable bonds is 5. The van der Waals surface area contributed by atoms with E-state index in [-0.39, 0.29) is 18.5 Å². The van der Waals surface area contributed by atoms with Gasteiger partial charge in [-0.1, -0.05) is 13.8 Å². The van der Waals surface area contributed by atoms with Crippen LogP contribution in [0, 0.1) is 5.92 Å². The number of hydrogen-bond donors (Lipinski definition) is 2. The molecule has 0 radical (unpaired) electrons. The predicted molar refractivity (Wildman–Crippen MR) is 78.4 cm³/mol. The van der Waals surface area contributed by atoms with E-state index in [9.17, 15) is 4.79 Å². The first-order valence-electron chi connectivity index (χ1n) is 6.99. The SMILES string of the molecule is CC(C)C(C)NC(=O)CNc1ccc2c(c1)OCCO2. The molecule has 0 aliphatic carbocycles. The molecule has 1 atom stereocenters. The maximum Gasteiger partial charge on any atom is 0.239 e. The molecule has 1 aromatic carbocycles. The lowest BCUT2D eigenvalue weighted by Gasteiger charge is -2.20. The number of anilines is 1. The van der Waals surface area contributed by atoms with Crippen molar-refractivity contribution in [2.24, 2.45) is 5.92 Å². The third-order valence-electron chi connectivity index (χ3n) is 3.38. The van der Waals surface area contributed by atoms with Crippen LogP contribution in [0.25, 0.3) is 0 Å². The van der Waals surface area contributed by atoms with Crippen LogP contribution in [-0.4, -0.2) is 31.7 Å². The minimum atomic E-state index is -0.0129. The number of carbonyl (C=O) groups is 1. The maximum atomic E-state index is 11.8. The average Bonchev–Trinajstić information content (AvgIpc) is 2.44. The van der Waals surface area contributed by atoms with Gasteiger partial charge in [-0.25, -0.2) is 0 Å². The number of nitrogens with one attached hydrogen (secondary N) is 2. The van der Waals surface area contributed by atoms with E-state index in [1.807, 2.05) is 25.1 Å². The van der Waals surface area contributed by atoms with Gasteiger partial charge in [-0.3, -0.25) is 4.79 Å². The van der Waals surface area contributed by atoms with Crippen molar-refractivity contribution in [2.45, 2.75) is 26.8 Å². The molecule has 1 aliphatic heterocycles.